The number of ketones is 1. The van der Waals surface area contributed by atoms with Crippen LogP contribution in [-0.4, -0.2) is 14.2 Å². The molecule has 0 aliphatic heterocycles. The molecular weight excluding hydrogens is 312 g/mol. The Morgan fingerprint density at radius 1 is 1.04 bits per heavy atom. The lowest BCUT2D eigenvalue weighted by molar-refractivity contribution is 0.101. The van der Waals surface area contributed by atoms with Gasteiger partial charge in [-0.05, 0) is 61.2 Å². The Morgan fingerprint density at radius 2 is 1.61 bits per heavy atom. The van der Waals surface area contributed by atoms with Crippen molar-refractivity contribution in [3.05, 3.63) is 59.7 Å². The van der Waals surface area contributed by atoms with Gasteiger partial charge in [0, 0.05) is 5.56 Å². The molecule has 1 atom stereocenters. The van der Waals surface area contributed by atoms with E-state index in [1.54, 1.807) is 24.3 Å². The first kappa shape index (κ1) is 17.2. The Bertz CT molecular complexity index is 775. The number of hydrogen-bond donors (Lipinski definition) is 0. The normalized spacial score (nSPS) is 12.7. The highest BCUT2D eigenvalue weighted by atomic mass is 32.2. The molecule has 0 amide bonds. The van der Waals surface area contributed by atoms with Gasteiger partial charge in [-0.1, -0.05) is 26.0 Å². The smallest absolute Gasteiger partial charge is 0.339 e. The lowest BCUT2D eigenvalue weighted by atomic mass is 9.99. The molecule has 0 aliphatic rings. The van der Waals surface area contributed by atoms with Gasteiger partial charge in [-0.15, -0.1) is 0 Å². The number of carbonyl (C=O) groups is 1. The van der Waals surface area contributed by atoms with Crippen LogP contribution in [-0.2, 0) is 10.1 Å². The summed E-state index contributed by atoms with van der Waals surface area (Å²) >= 11 is 0. The lowest BCUT2D eigenvalue weighted by Crippen LogP contribution is -2.10. The van der Waals surface area contributed by atoms with Crippen molar-refractivity contribution in [2.24, 2.45) is 0 Å². The molecule has 5 heteroatoms. The van der Waals surface area contributed by atoms with E-state index in [2.05, 4.69) is 13.8 Å². The lowest BCUT2D eigenvalue weighted by Gasteiger charge is -2.11. The molecule has 0 N–H and O–H groups in total. The highest BCUT2D eigenvalue weighted by Crippen LogP contribution is 2.23. The van der Waals surface area contributed by atoms with Crippen LogP contribution in [0.25, 0.3) is 0 Å². The largest absolute Gasteiger partial charge is 0.379 e. The van der Waals surface area contributed by atoms with Crippen molar-refractivity contribution < 1.29 is 17.4 Å². The topological polar surface area (TPSA) is 60.4 Å². The molecule has 0 aliphatic carbocycles. The summed E-state index contributed by atoms with van der Waals surface area (Å²) < 4.78 is 29.7. The van der Waals surface area contributed by atoms with Gasteiger partial charge in [0.05, 0.1) is 0 Å². The minimum Gasteiger partial charge on any atom is -0.379 e. The maximum atomic E-state index is 12.3. The highest BCUT2D eigenvalue weighted by molar-refractivity contribution is 7.87. The van der Waals surface area contributed by atoms with Crippen molar-refractivity contribution >= 4 is 15.9 Å². The van der Waals surface area contributed by atoms with E-state index in [0.29, 0.717) is 11.5 Å². The van der Waals surface area contributed by atoms with Crippen LogP contribution in [0.4, 0.5) is 0 Å². The van der Waals surface area contributed by atoms with Crippen LogP contribution in [0.2, 0.25) is 0 Å². The van der Waals surface area contributed by atoms with Gasteiger partial charge in [0.15, 0.2) is 5.78 Å². The maximum absolute atomic E-state index is 12.3. The van der Waals surface area contributed by atoms with Crippen molar-refractivity contribution in [2.45, 2.75) is 38.0 Å². The van der Waals surface area contributed by atoms with Gasteiger partial charge >= 0.3 is 10.1 Å². The summed E-state index contributed by atoms with van der Waals surface area (Å²) in [7, 11) is -3.88. The fourth-order valence-corrected chi connectivity index (χ4v) is 3.05. The summed E-state index contributed by atoms with van der Waals surface area (Å²) in [6.45, 7) is 5.63. The first-order valence-corrected chi connectivity index (χ1v) is 8.89. The van der Waals surface area contributed by atoms with Crippen molar-refractivity contribution in [2.75, 3.05) is 0 Å². The monoisotopic (exact) mass is 332 g/mol. The zero-order valence-electron chi connectivity index (χ0n) is 13.4. The fourth-order valence-electron chi connectivity index (χ4n) is 2.12. The second-order valence-electron chi connectivity index (χ2n) is 5.50. The molecule has 1 unspecified atom stereocenters. The molecule has 0 heterocycles. The number of Topliss-reactive ketones (excluding diaryl/α,β-unsaturated/α-hetero) is 1. The third-order valence-electron chi connectivity index (χ3n) is 3.82. The molecule has 0 bridgehead atoms. The Kier molecular flexibility index (Phi) is 5.21. The van der Waals surface area contributed by atoms with Crippen LogP contribution < -0.4 is 4.18 Å². The summed E-state index contributed by atoms with van der Waals surface area (Å²) in [6.07, 6.45) is 0.991. The fraction of sp³-hybridized carbons (Fsp3) is 0.278. The summed E-state index contributed by atoms with van der Waals surface area (Å²) in [6, 6.07) is 12.8. The predicted octanol–water partition coefficient (Wildman–Crippen LogP) is 4.17. The zero-order valence-corrected chi connectivity index (χ0v) is 14.3. The molecule has 0 radical (unpaired) electrons. The van der Waals surface area contributed by atoms with Gasteiger partial charge in [-0.2, -0.15) is 8.42 Å². The van der Waals surface area contributed by atoms with E-state index in [4.69, 9.17) is 4.18 Å². The van der Waals surface area contributed by atoms with E-state index in [9.17, 15) is 13.2 Å². The minimum absolute atomic E-state index is 0.0833. The molecule has 4 nitrogen and oxygen atoms in total. The molecule has 2 aromatic carbocycles. The van der Waals surface area contributed by atoms with E-state index >= 15 is 0 Å². The Morgan fingerprint density at radius 3 is 2.09 bits per heavy atom. The van der Waals surface area contributed by atoms with Gasteiger partial charge in [-0.3, -0.25) is 4.79 Å². The average molecular weight is 332 g/mol. The van der Waals surface area contributed by atoms with Crippen molar-refractivity contribution in [3.8, 4) is 5.75 Å². The van der Waals surface area contributed by atoms with Gasteiger partial charge in [0.2, 0.25) is 0 Å². The summed E-state index contributed by atoms with van der Waals surface area (Å²) in [5.74, 6) is 0.479. The highest BCUT2D eigenvalue weighted by Gasteiger charge is 2.17. The van der Waals surface area contributed by atoms with Crippen molar-refractivity contribution in [3.63, 3.8) is 0 Å². The molecule has 2 rings (SSSR count). The van der Waals surface area contributed by atoms with Gasteiger partial charge < -0.3 is 4.18 Å². The first-order chi connectivity index (χ1) is 10.8. The van der Waals surface area contributed by atoms with Gasteiger partial charge in [-0.25, -0.2) is 0 Å². The zero-order chi connectivity index (χ0) is 17.0. The molecule has 0 fully saturated rings. The number of carbonyl (C=O) groups excluding carboxylic acids is 1. The molecule has 122 valence electrons. The molecule has 2 aromatic rings. The second kappa shape index (κ2) is 6.96. The van der Waals surface area contributed by atoms with Crippen LogP contribution >= 0.6 is 0 Å². The van der Waals surface area contributed by atoms with E-state index < -0.39 is 10.1 Å². The molecule has 0 saturated heterocycles. The molecule has 0 aromatic heterocycles. The van der Waals surface area contributed by atoms with E-state index in [-0.39, 0.29) is 16.4 Å². The SMILES string of the molecule is CCC(C)c1ccc(S(=O)(=O)Oc2ccc(C(C)=O)cc2)cc1. The maximum Gasteiger partial charge on any atom is 0.339 e. The minimum atomic E-state index is -3.88. The Labute approximate surface area is 137 Å². The average Bonchev–Trinajstić information content (AvgIpc) is 2.54. The quantitative estimate of drug-likeness (QED) is 0.588. The predicted molar refractivity (Wildman–Crippen MR) is 89.4 cm³/mol. The first-order valence-electron chi connectivity index (χ1n) is 7.49. The third kappa shape index (κ3) is 4.20. The van der Waals surface area contributed by atoms with Crippen LogP contribution in [0.15, 0.2) is 53.4 Å². The number of hydrogen-bond acceptors (Lipinski definition) is 4. The van der Waals surface area contributed by atoms with Crippen molar-refractivity contribution in [1.82, 2.24) is 0 Å². The molecule has 23 heavy (non-hydrogen) atoms. The number of rotatable bonds is 6. The number of benzene rings is 2. The molecule has 0 saturated carbocycles. The van der Waals surface area contributed by atoms with E-state index in [0.717, 1.165) is 12.0 Å². The summed E-state index contributed by atoms with van der Waals surface area (Å²) in [5, 5.41) is 0. The van der Waals surface area contributed by atoms with Crippen LogP contribution in [0.5, 0.6) is 5.75 Å². The second-order valence-corrected chi connectivity index (χ2v) is 7.04. The molecule has 0 spiro atoms. The van der Waals surface area contributed by atoms with E-state index in [1.807, 2.05) is 12.1 Å². The summed E-state index contributed by atoms with van der Waals surface area (Å²) in [5.41, 5.74) is 1.60. The Hall–Kier alpha value is -2.14. The standard InChI is InChI=1S/C18H20O4S/c1-4-13(2)15-7-11-18(12-8-15)23(20,21)22-17-9-5-16(6-10-17)14(3)19/h5-13H,4H2,1-3H3. The third-order valence-corrected chi connectivity index (χ3v) is 5.08. The van der Waals surface area contributed by atoms with Gasteiger partial charge in [0.25, 0.3) is 0 Å². The van der Waals surface area contributed by atoms with Crippen LogP contribution in [0, 0.1) is 0 Å². The summed E-state index contributed by atoms with van der Waals surface area (Å²) in [4.78, 5) is 11.3. The van der Waals surface area contributed by atoms with Crippen LogP contribution in [0.3, 0.4) is 0 Å². The van der Waals surface area contributed by atoms with Crippen LogP contribution in [0.1, 0.15) is 49.0 Å². The van der Waals surface area contributed by atoms with Crippen molar-refractivity contribution in [1.29, 1.82) is 0 Å². The molecular formula is C18H20O4S. The van der Waals surface area contributed by atoms with Gasteiger partial charge in [0.1, 0.15) is 10.6 Å². The van der Waals surface area contributed by atoms with E-state index in [1.165, 1.54) is 19.1 Å². The Balaban J connectivity index is 2.19.